The molecule has 1 saturated heterocycles. The number of aliphatic hydroxyl groups excluding tert-OH is 1. The Hall–Kier alpha value is -2.74. The minimum Gasteiger partial charge on any atom is -0.390 e. The first-order chi connectivity index (χ1) is 14.6. The third-order valence-electron chi connectivity index (χ3n) is 5.74. The second kappa shape index (κ2) is 9.38. The van der Waals surface area contributed by atoms with Gasteiger partial charge in [-0.3, -0.25) is 9.59 Å². The summed E-state index contributed by atoms with van der Waals surface area (Å²) in [5.74, 6) is -0.319. The molecule has 7 heteroatoms. The minimum atomic E-state index is -0.690. The molecule has 158 valence electrons. The zero-order valence-electron chi connectivity index (χ0n) is 16.8. The highest BCUT2D eigenvalue weighted by Crippen LogP contribution is 2.18. The number of hydrogen-bond donors (Lipinski definition) is 3. The van der Waals surface area contributed by atoms with Gasteiger partial charge in [0.15, 0.2) is 0 Å². The van der Waals surface area contributed by atoms with Crippen LogP contribution in [-0.4, -0.2) is 66.8 Å². The van der Waals surface area contributed by atoms with Gasteiger partial charge in [0, 0.05) is 43.3 Å². The second-order valence-corrected chi connectivity index (χ2v) is 7.72. The molecule has 2 amide bonds. The van der Waals surface area contributed by atoms with Crippen molar-refractivity contribution >= 4 is 11.8 Å². The summed E-state index contributed by atoms with van der Waals surface area (Å²) in [4.78, 5) is 26.7. The number of benzene rings is 2. The molecular formula is C23H27N3O4. The van der Waals surface area contributed by atoms with E-state index in [4.69, 9.17) is 4.74 Å². The van der Waals surface area contributed by atoms with Gasteiger partial charge in [-0.2, -0.15) is 0 Å². The molecule has 0 aliphatic carbocycles. The van der Waals surface area contributed by atoms with Crippen LogP contribution >= 0.6 is 0 Å². The first-order valence-electron chi connectivity index (χ1n) is 10.4. The Labute approximate surface area is 176 Å². The average Bonchev–Trinajstić information content (AvgIpc) is 2.82. The van der Waals surface area contributed by atoms with E-state index in [1.165, 1.54) is 11.1 Å². The van der Waals surface area contributed by atoms with Crippen LogP contribution in [0.4, 0.5) is 0 Å². The lowest BCUT2D eigenvalue weighted by molar-refractivity contribution is 0.0303. The summed E-state index contributed by atoms with van der Waals surface area (Å²) in [6, 6.07) is 14.7. The first kappa shape index (κ1) is 20.5. The van der Waals surface area contributed by atoms with Gasteiger partial charge in [-0.1, -0.05) is 24.3 Å². The summed E-state index contributed by atoms with van der Waals surface area (Å²) in [5, 5.41) is 16.6. The Morgan fingerprint density at radius 3 is 2.47 bits per heavy atom. The third kappa shape index (κ3) is 4.70. The van der Waals surface area contributed by atoms with Crippen molar-refractivity contribution in [2.24, 2.45) is 0 Å². The van der Waals surface area contributed by atoms with E-state index in [1.807, 2.05) is 12.1 Å². The van der Waals surface area contributed by atoms with Crippen LogP contribution in [0.25, 0.3) is 0 Å². The number of aliphatic hydroxyl groups is 1. The minimum absolute atomic E-state index is 0.0515. The average molecular weight is 409 g/mol. The van der Waals surface area contributed by atoms with Crippen LogP contribution in [0.15, 0.2) is 48.5 Å². The molecule has 4 rings (SSSR count). The monoisotopic (exact) mass is 409 g/mol. The SMILES string of the molecule is O=C(NC[C@@H](O)[C@H]1Cc2ccccc2CN1)c1ccc(C(=O)N2CCOCC2)cc1. The van der Waals surface area contributed by atoms with Crippen molar-refractivity contribution in [2.45, 2.75) is 25.1 Å². The van der Waals surface area contributed by atoms with Gasteiger partial charge < -0.3 is 25.4 Å². The highest BCUT2D eigenvalue weighted by Gasteiger charge is 2.25. The number of nitrogens with zero attached hydrogens (tertiary/aromatic N) is 1. The highest BCUT2D eigenvalue weighted by molar-refractivity contribution is 5.97. The van der Waals surface area contributed by atoms with Gasteiger partial charge in [0.25, 0.3) is 11.8 Å². The van der Waals surface area contributed by atoms with Crippen LogP contribution in [0.2, 0.25) is 0 Å². The number of hydrogen-bond acceptors (Lipinski definition) is 5. The number of morpholine rings is 1. The lowest BCUT2D eigenvalue weighted by atomic mass is 9.93. The number of carbonyl (C=O) groups excluding carboxylic acids is 2. The van der Waals surface area contributed by atoms with Crippen LogP contribution in [-0.2, 0) is 17.7 Å². The van der Waals surface area contributed by atoms with Crippen molar-refractivity contribution < 1.29 is 19.4 Å². The van der Waals surface area contributed by atoms with Gasteiger partial charge in [-0.05, 0) is 41.8 Å². The molecule has 0 bridgehead atoms. The molecule has 2 aromatic carbocycles. The predicted molar refractivity (Wildman–Crippen MR) is 112 cm³/mol. The van der Waals surface area contributed by atoms with Crippen LogP contribution in [0.5, 0.6) is 0 Å². The molecule has 3 N–H and O–H groups in total. The summed E-state index contributed by atoms with van der Waals surface area (Å²) in [6.45, 7) is 3.14. The first-order valence-corrected chi connectivity index (χ1v) is 10.4. The van der Waals surface area contributed by atoms with Gasteiger partial charge in [0.05, 0.1) is 19.3 Å². The summed E-state index contributed by atoms with van der Waals surface area (Å²) in [6.07, 6.45) is 0.0374. The molecule has 0 saturated carbocycles. The molecule has 2 aromatic rings. The van der Waals surface area contributed by atoms with Crippen LogP contribution in [0.3, 0.4) is 0 Å². The van der Waals surface area contributed by atoms with Crippen LogP contribution < -0.4 is 10.6 Å². The maximum Gasteiger partial charge on any atom is 0.254 e. The third-order valence-corrected chi connectivity index (χ3v) is 5.74. The van der Waals surface area contributed by atoms with Gasteiger partial charge in [0.1, 0.15) is 0 Å². The van der Waals surface area contributed by atoms with Crippen molar-refractivity contribution in [2.75, 3.05) is 32.8 Å². The van der Waals surface area contributed by atoms with Crippen LogP contribution in [0.1, 0.15) is 31.8 Å². The molecule has 7 nitrogen and oxygen atoms in total. The smallest absolute Gasteiger partial charge is 0.254 e. The zero-order valence-corrected chi connectivity index (χ0v) is 16.8. The maximum absolute atomic E-state index is 12.5. The molecule has 0 aromatic heterocycles. The number of carbonyl (C=O) groups is 2. The Morgan fingerprint density at radius 2 is 1.73 bits per heavy atom. The Kier molecular flexibility index (Phi) is 6.42. The van der Waals surface area contributed by atoms with E-state index in [1.54, 1.807) is 29.2 Å². The normalized spacial score (nSPS) is 19.6. The van der Waals surface area contributed by atoms with E-state index < -0.39 is 6.10 Å². The fourth-order valence-electron chi connectivity index (χ4n) is 3.91. The molecule has 30 heavy (non-hydrogen) atoms. The van der Waals surface area contributed by atoms with Gasteiger partial charge >= 0.3 is 0 Å². The Bertz CT molecular complexity index is 894. The summed E-state index contributed by atoms with van der Waals surface area (Å²) in [7, 11) is 0. The molecule has 0 spiro atoms. The second-order valence-electron chi connectivity index (χ2n) is 7.72. The molecule has 2 aliphatic heterocycles. The van der Waals surface area contributed by atoms with Crippen LogP contribution in [0, 0.1) is 0 Å². The highest BCUT2D eigenvalue weighted by atomic mass is 16.5. The van der Waals surface area contributed by atoms with E-state index in [0.717, 1.165) is 6.42 Å². The predicted octanol–water partition coefficient (Wildman–Crippen LogP) is 0.964. The van der Waals surface area contributed by atoms with E-state index in [0.29, 0.717) is 44.0 Å². The molecule has 2 aliphatic rings. The molecule has 2 atom stereocenters. The van der Waals surface area contributed by atoms with E-state index >= 15 is 0 Å². The van der Waals surface area contributed by atoms with Crippen molar-refractivity contribution in [3.05, 3.63) is 70.8 Å². The maximum atomic E-state index is 12.5. The summed E-state index contributed by atoms with van der Waals surface area (Å²) < 4.78 is 5.27. The van der Waals surface area contributed by atoms with Crippen molar-refractivity contribution in [1.29, 1.82) is 0 Å². The topological polar surface area (TPSA) is 90.9 Å². The standard InChI is InChI=1S/C23H27N3O4/c27-21(20-13-18-3-1-2-4-19(18)14-24-20)15-25-22(28)16-5-7-17(8-6-16)23(29)26-9-11-30-12-10-26/h1-8,20-21,24,27H,9-15H2,(H,25,28)/t20-,21-/m1/s1. The summed E-state index contributed by atoms with van der Waals surface area (Å²) in [5.41, 5.74) is 3.49. The number of fused-ring (bicyclic) bond motifs is 1. The van der Waals surface area contributed by atoms with E-state index in [9.17, 15) is 14.7 Å². The van der Waals surface area contributed by atoms with Gasteiger partial charge in [-0.15, -0.1) is 0 Å². The zero-order chi connectivity index (χ0) is 20.9. The van der Waals surface area contributed by atoms with Gasteiger partial charge in [0.2, 0.25) is 0 Å². The number of nitrogens with one attached hydrogen (secondary N) is 2. The Balaban J connectivity index is 1.29. The Morgan fingerprint density at radius 1 is 1.07 bits per heavy atom. The number of ether oxygens (including phenoxy) is 1. The molecular weight excluding hydrogens is 382 g/mol. The van der Waals surface area contributed by atoms with Gasteiger partial charge in [-0.25, -0.2) is 0 Å². The molecule has 2 heterocycles. The lowest BCUT2D eigenvalue weighted by Crippen LogP contribution is -2.49. The molecule has 0 unspecified atom stereocenters. The van der Waals surface area contributed by atoms with Crippen molar-refractivity contribution in [3.63, 3.8) is 0 Å². The lowest BCUT2D eigenvalue weighted by Gasteiger charge is -2.30. The van der Waals surface area contributed by atoms with E-state index in [-0.39, 0.29) is 24.4 Å². The van der Waals surface area contributed by atoms with E-state index in [2.05, 4.69) is 22.8 Å². The molecule has 0 radical (unpaired) electrons. The summed E-state index contributed by atoms with van der Waals surface area (Å²) >= 11 is 0. The molecule has 1 fully saturated rings. The largest absolute Gasteiger partial charge is 0.390 e. The van der Waals surface area contributed by atoms with Crippen molar-refractivity contribution in [1.82, 2.24) is 15.5 Å². The number of amides is 2. The fourth-order valence-corrected chi connectivity index (χ4v) is 3.91. The quantitative estimate of drug-likeness (QED) is 0.685. The fraction of sp³-hybridized carbons (Fsp3) is 0.391. The number of rotatable bonds is 5. The van der Waals surface area contributed by atoms with Crippen molar-refractivity contribution in [3.8, 4) is 0 Å².